The summed E-state index contributed by atoms with van der Waals surface area (Å²) in [5.74, 6) is 0.615. The van der Waals surface area contributed by atoms with Gasteiger partial charge in [-0.3, -0.25) is 9.59 Å². The van der Waals surface area contributed by atoms with E-state index in [1.807, 2.05) is 74.5 Å². The first-order valence-corrected chi connectivity index (χ1v) is 14.2. The van der Waals surface area contributed by atoms with Crippen molar-refractivity contribution in [2.24, 2.45) is 0 Å². The van der Waals surface area contributed by atoms with Gasteiger partial charge in [0.05, 0.1) is 12.8 Å². The van der Waals surface area contributed by atoms with Gasteiger partial charge in [0.15, 0.2) is 0 Å². The van der Waals surface area contributed by atoms with Crippen molar-refractivity contribution in [3.8, 4) is 0 Å². The molecule has 2 aromatic rings. The summed E-state index contributed by atoms with van der Waals surface area (Å²) < 4.78 is 0. The number of nitrogens with one attached hydrogen (secondary N) is 2. The van der Waals surface area contributed by atoms with Crippen LogP contribution in [-0.2, 0) is 26.7 Å². The standard InChI is InChI=1S/2C16H20N2O2.Cu/c2*1-3-4-6-11-14(19)15-12(2)17-18(16(15)20)13-9-7-5-8-10-13;/h2*5,7-10,19H,3-4,6,11H2,1-2H3;/q;;+2/p+4. The van der Waals surface area contributed by atoms with Gasteiger partial charge < -0.3 is 10.2 Å². The average molecular weight is 612 g/mol. The molecule has 2 amide bonds. The maximum atomic E-state index is 12.5. The maximum absolute atomic E-state index is 12.5. The molecule has 0 spiro atoms. The predicted molar refractivity (Wildman–Crippen MR) is 161 cm³/mol. The molecule has 0 unspecified atom stereocenters. The van der Waals surface area contributed by atoms with Crippen molar-refractivity contribution in [1.82, 2.24) is 0 Å². The van der Waals surface area contributed by atoms with Crippen molar-refractivity contribution in [1.29, 1.82) is 0 Å². The molecule has 0 atom stereocenters. The van der Waals surface area contributed by atoms with E-state index in [1.54, 1.807) is 0 Å². The van der Waals surface area contributed by atoms with Crippen LogP contribution in [0.25, 0.3) is 0 Å². The molecular weight excluding hydrogens is 568 g/mol. The molecule has 2 aliphatic rings. The Morgan fingerprint density at radius 1 is 0.634 bits per heavy atom. The monoisotopic (exact) mass is 611 g/mol. The second-order valence-corrected chi connectivity index (χ2v) is 10.0. The summed E-state index contributed by atoms with van der Waals surface area (Å²) in [5.41, 5.74) is 4.16. The molecule has 0 aliphatic carbocycles. The smallest absolute Gasteiger partial charge is 0.596 e. The number of hydrogen-bond donors (Lipinski definition) is 2. The van der Waals surface area contributed by atoms with Gasteiger partial charge in [-0.15, -0.1) is 10.2 Å². The molecule has 9 heteroatoms. The molecule has 2 heterocycles. The van der Waals surface area contributed by atoms with E-state index in [9.17, 15) is 9.59 Å². The van der Waals surface area contributed by atoms with E-state index >= 15 is 0 Å². The largest absolute Gasteiger partial charge is 2.00 e. The summed E-state index contributed by atoms with van der Waals surface area (Å²) in [6, 6.07) is 18.9. The molecule has 2 aliphatic heterocycles. The van der Waals surface area contributed by atoms with E-state index in [0.717, 1.165) is 61.3 Å². The van der Waals surface area contributed by atoms with Gasteiger partial charge in [0.25, 0.3) is 0 Å². The first-order valence-electron chi connectivity index (χ1n) is 14.2. The number of hydrazone groups is 2. The van der Waals surface area contributed by atoms with Crippen LogP contribution in [0.3, 0.4) is 0 Å². The summed E-state index contributed by atoms with van der Waals surface area (Å²) in [6.45, 7) is 7.97. The van der Waals surface area contributed by atoms with Gasteiger partial charge in [-0.05, 0) is 37.1 Å². The number of para-hydroxylation sites is 2. The zero-order valence-corrected chi connectivity index (χ0v) is 25.4. The van der Waals surface area contributed by atoms with Crippen LogP contribution >= 0.6 is 0 Å². The van der Waals surface area contributed by atoms with Crippen LogP contribution in [0.5, 0.6) is 0 Å². The Kier molecular flexibility index (Phi) is 13.5. The third kappa shape index (κ3) is 8.65. The molecule has 2 aromatic carbocycles. The number of unbranched alkanes of at least 4 members (excludes halogenated alkanes) is 4. The third-order valence-electron chi connectivity index (χ3n) is 6.84. The fourth-order valence-corrected chi connectivity index (χ4v) is 4.68. The Balaban J connectivity index is 0.000000280. The number of carbonyl (C=O) groups excluding carboxylic acids is 2. The second-order valence-electron chi connectivity index (χ2n) is 10.0. The summed E-state index contributed by atoms with van der Waals surface area (Å²) >= 11 is 0. The quantitative estimate of drug-likeness (QED) is 0.141. The molecule has 221 valence electrons. The molecule has 0 saturated carbocycles. The van der Waals surface area contributed by atoms with Gasteiger partial charge in [-0.25, -0.2) is 0 Å². The van der Waals surface area contributed by atoms with E-state index in [-0.39, 0.29) is 28.9 Å². The fraction of sp³-hybridized carbons (Fsp3) is 0.375. The second kappa shape index (κ2) is 16.6. The Labute approximate surface area is 253 Å². The minimum Gasteiger partial charge on any atom is -0.596 e. The summed E-state index contributed by atoms with van der Waals surface area (Å²) in [4.78, 5) is 24.9. The molecule has 0 saturated heterocycles. The Hall–Kier alpha value is -3.68. The van der Waals surface area contributed by atoms with Gasteiger partial charge in [0, 0.05) is 13.8 Å². The number of anilines is 2. The van der Waals surface area contributed by atoms with E-state index in [0.29, 0.717) is 35.5 Å². The van der Waals surface area contributed by atoms with Crippen LogP contribution in [0.4, 0.5) is 11.4 Å². The van der Waals surface area contributed by atoms with Gasteiger partial charge in [-0.1, -0.05) is 85.9 Å². The Bertz CT molecular complexity index is 1200. The van der Waals surface area contributed by atoms with Crippen LogP contribution in [0.1, 0.15) is 79.1 Å². The molecule has 0 bridgehead atoms. The number of benzene rings is 2. The normalized spacial score (nSPS) is 17.0. The van der Waals surface area contributed by atoms with E-state index in [1.165, 1.54) is 10.0 Å². The van der Waals surface area contributed by atoms with Gasteiger partial charge >= 0.3 is 28.9 Å². The number of amides is 2. The number of hydrogen-bond acceptors (Lipinski definition) is 2. The van der Waals surface area contributed by atoms with E-state index < -0.39 is 0 Å². The minimum atomic E-state index is -0.129. The molecular formula is C32H44CuN4O4+6. The number of hydrazine groups is 2. The fourth-order valence-electron chi connectivity index (χ4n) is 4.68. The van der Waals surface area contributed by atoms with Crippen molar-refractivity contribution >= 4 is 34.6 Å². The van der Waals surface area contributed by atoms with Crippen molar-refractivity contribution in [2.75, 3.05) is 10.0 Å². The molecule has 41 heavy (non-hydrogen) atoms. The van der Waals surface area contributed by atoms with Crippen LogP contribution in [-0.4, -0.2) is 33.5 Å². The van der Waals surface area contributed by atoms with E-state index in [4.69, 9.17) is 10.2 Å². The number of allylic oxidation sites excluding steroid dienone is 2. The van der Waals surface area contributed by atoms with Crippen molar-refractivity contribution in [2.45, 2.75) is 79.1 Å². The van der Waals surface area contributed by atoms with Crippen LogP contribution in [0.15, 0.2) is 83.3 Å². The predicted octanol–water partition coefficient (Wildman–Crippen LogP) is 2.09. The van der Waals surface area contributed by atoms with Crippen molar-refractivity contribution in [3.05, 3.63) is 83.3 Å². The van der Waals surface area contributed by atoms with Gasteiger partial charge in [0.2, 0.25) is 34.1 Å². The van der Waals surface area contributed by atoms with Crippen LogP contribution in [0, 0.1) is 0 Å². The average Bonchev–Trinajstić information content (AvgIpc) is 3.43. The molecule has 1 radical (unpaired) electrons. The first-order chi connectivity index (χ1) is 19.3. The maximum Gasteiger partial charge on any atom is 2.00 e. The number of carbonyl (C=O) groups is 2. The number of nitrogens with zero attached hydrogens (tertiary/aromatic N) is 2. The summed E-state index contributed by atoms with van der Waals surface area (Å²) in [6.07, 6.45) is 7.68. The van der Waals surface area contributed by atoms with E-state index in [2.05, 4.69) is 24.1 Å². The van der Waals surface area contributed by atoms with Gasteiger partial charge in [-0.2, -0.15) is 0 Å². The zero-order valence-electron chi connectivity index (χ0n) is 24.4. The Morgan fingerprint density at radius 2 is 0.976 bits per heavy atom. The van der Waals surface area contributed by atoms with Crippen LogP contribution in [0.2, 0.25) is 0 Å². The van der Waals surface area contributed by atoms with Crippen LogP contribution < -0.4 is 20.2 Å². The molecule has 0 fully saturated rings. The third-order valence-corrected chi connectivity index (χ3v) is 6.84. The summed E-state index contributed by atoms with van der Waals surface area (Å²) in [7, 11) is 0. The first kappa shape index (κ1) is 33.5. The molecule has 6 N–H and O–H groups in total. The van der Waals surface area contributed by atoms with Crippen molar-refractivity contribution in [3.63, 3.8) is 0 Å². The van der Waals surface area contributed by atoms with Gasteiger partial charge in [0.1, 0.15) is 11.4 Å². The number of rotatable bonds is 10. The SMILES string of the molecule is CCCCCC([OH2+])=C1C(=O)N(c2ccccc2)[NH+]=C1C.CCCCCC([OH2+])=C1C(=O)N(c2ccccc2)[NH+]=C1C.[Cu+2]. The summed E-state index contributed by atoms with van der Waals surface area (Å²) in [5, 5.41) is 25.4. The van der Waals surface area contributed by atoms with Crippen molar-refractivity contribution < 1.29 is 47.1 Å². The molecule has 0 aromatic heterocycles. The Morgan fingerprint density at radius 3 is 1.29 bits per heavy atom. The molecule has 4 rings (SSSR count). The molecule has 8 nitrogen and oxygen atoms in total. The minimum absolute atomic E-state index is 0. The zero-order chi connectivity index (χ0) is 29.1. The topological polar surface area (TPSA) is 114 Å².